The zero-order valence-corrected chi connectivity index (χ0v) is 13.3. The molecule has 1 aromatic carbocycles. The van der Waals surface area contributed by atoms with Gasteiger partial charge in [-0.05, 0) is 30.4 Å². The highest BCUT2D eigenvalue weighted by molar-refractivity contribution is 5.85. The molecule has 1 aliphatic carbocycles. The van der Waals surface area contributed by atoms with Gasteiger partial charge in [0.15, 0.2) is 0 Å². The van der Waals surface area contributed by atoms with Crippen LogP contribution in [0.4, 0.5) is 0 Å². The number of carboxylic acids is 1. The lowest BCUT2D eigenvalue weighted by molar-refractivity contribution is -0.152. The summed E-state index contributed by atoms with van der Waals surface area (Å²) >= 11 is 0. The van der Waals surface area contributed by atoms with Crippen LogP contribution < -0.4 is 0 Å². The molecule has 1 amide bonds. The Labute approximate surface area is 136 Å². The fourth-order valence-electron chi connectivity index (χ4n) is 3.74. The maximum absolute atomic E-state index is 12.7. The number of carbonyl (C=O) groups excluding carboxylic acids is 1. The molecule has 4 heteroatoms. The van der Waals surface area contributed by atoms with E-state index in [1.165, 1.54) is 11.1 Å². The van der Waals surface area contributed by atoms with Crippen LogP contribution in [-0.4, -0.2) is 35.0 Å². The minimum Gasteiger partial charge on any atom is -0.481 e. The van der Waals surface area contributed by atoms with E-state index in [9.17, 15) is 14.7 Å². The monoisotopic (exact) mass is 313 g/mol. The van der Waals surface area contributed by atoms with Crippen LogP contribution in [0.3, 0.4) is 0 Å². The number of carboxylic acid groups (broad SMARTS) is 1. The highest BCUT2D eigenvalue weighted by Gasteiger charge is 2.38. The molecule has 122 valence electrons. The zero-order chi connectivity index (χ0) is 16.2. The summed E-state index contributed by atoms with van der Waals surface area (Å²) in [5.74, 6) is -1.63. The van der Waals surface area contributed by atoms with Gasteiger partial charge >= 0.3 is 5.97 Å². The summed E-state index contributed by atoms with van der Waals surface area (Å²) < 4.78 is 0. The third-order valence-corrected chi connectivity index (χ3v) is 5.07. The van der Waals surface area contributed by atoms with Gasteiger partial charge in [0.1, 0.15) is 0 Å². The zero-order valence-electron chi connectivity index (χ0n) is 13.3. The summed E-state index contributed by atoms with van der Waals surface area (Å²) in [7, 11) is 0. The van der Waals surface area contributed by atoms with Crippen molar-refractivity contribution in [2.45, 2.75) is 32.1 Å². The molecule has 0 spiro atoms. The van der Waals surface area contributed by atoms with Gasteiger partial charge in [0, 0.05) is 13.1 Å². The van der Waals surface area contributed by atoms with Crippen LogP contribution in [0, 0.1) is 11.8 Å². The van der Waals surface area contributed by atoms with Gasteiger partial charge in [0.25, 0.3) is 0 Å². The predicted octanol–water partition coefficient (Wildman–Crippen LogP) is 3.19. The maximum atomic E-state index is 12.7. The first-order valence-corrected chi connectivity index (χ1v) is 8.43. The van der Waals surface area contributed by atoms with Crippen molar-refractivity contribution in [3.63, 3.8) is 0 Å². The van der Waals surface area contributed by atoms with Gasteiger partial charge in [-0.15, -0.1) is 0 Å². The normalized spacial score (nSPS) is 24.9. The molecular formula is C19H23NO3. The second-order valence-electron chi connectivity index (χ2n) is 6.47. The van der Waals surface area contributed by atoms with Crippen LogP contribution in [0.15, 0.2) is 36.4 Å². The molecule has 0 bridgehead atoms. The molecule has 23 heavy (non-hydrogen) atoms. The molecule has 1 heterocycles. The van der Waals surface area contributed by atoms with Crippen molar-refractivity contribution < 1.29 is 14.7 Å². The average molecular weight is 313 g/mol. The number of hydrogen-bond donors (Lipinski definition) is 1. The topological polar surface area (TPSA) is 57.6 Å². The van der Waals surface area contributed by atoms with Crippen molar-refractivity contribution in [1.82, 2.24) is 4.90 Å². The fraction of sp³-hybridized carbons (Fsp3) is 0.474. The number of nitrogens with zero attached hydrogens (tertiary/aromatic N) is 1. The Morgan fingerprint density at radius 1 is 1.04 bits per heavy atom. The van der Waals surface area contributed by atoms with E-state index in [1.807, 2.05) is 23.1 Å². The van der Waals surface area contributed by atoms with Crippen molar-refractivity contribution in [3.8, 4) is 0 Å². The van der Waals surface area contributed by atoms with Gasteiger partial charge in [-0.1, -0.05) is 49.2 Å². The summed E-state index contributed by atoms with van der Waals surface area (Å²) in [5.41, 5.74) is 2.48. The molecule has 0 saturated heterocycles. The van der Waals surface area contributed by atoms with Crippen molar-refractivity contribution in [1.29, 1.82) is 0 Å². The Morgan fingerprint density at radius 3 is 2.35 bits per heavy atom. The molecule has 0 unspecified atom stereocenters. The molecule has 1 N–H and O–H groups in total. The van der Waals surface area contributed by atoms with Crippen LogP contribution in [0.2, 0.25) is 0 Å². The molecule has 1 fully saturated rings. The molecule has 0 aromatic heterocycles. The number of carbonyl (C=O) groups is 2. The van der Waals surface area contributed by atoms with Gasteiger partial charge in [-0.25, -0.2) is 0 Å². The summed E-state index contributed by atoms with van der Waals surface area (Å²) in [4.78, 5) is 26.0. The molecule has 1 saturated carbocycles. The summed E-state index contributed by atoms with van der Waals surface area (Å²) in [5, 5.41) is 9.36. The van der Waals surface area contributed by atoms with Crippen LogP contribution in [0.1, 0.15) is 37.7 Å². The minimum atomic E-state index is -0.819. The molecule has 1 aliphatic heterocycles. The summed E-state index contributed by atoms with van der Waals surface area (Å²) in [6, 6.07) is 10.2. The molecule has 0 radical (unpaired) electrons. The molecule has 1 aromatic rings. The first-order chi connectivity index (χ1) is 11.2. The second-order valence-corrected chi connectivity index (χ2v) is 6.47. The fourth-order valence-corrected chi connectivity index (χ4v) is 3.74. The van der Waals surface area contributed by atoms with Crippen molar-refractivity contribution in [3.05, 3.63) is 42.0 Å². The maximum Gasteiger partial charge on any atom is 0.307 e. The number of benzene rings is 1. The van der Waals surface area contributed by atoms with E-state index in [4.69, 9.17) is 0 Å². The first-order valence-electron chi connectivity index (χ1n) is 8.43. The van der Waals surface area contributed by atoms with Crippen LogP contribution in [0.25, 0.3) is 5.57 Å². The van der Waals surface area contributed by atoms with E-state index in [-0.39, 0.29) is 11.8 Å². The largest absolute Gasteiger partial charge is 0.481 e. The lowest BCUT2D eigenvalue weighted by Gasteiger charge is -2.34. The lowest BCUT2D eigenvalue weighted by Crippen LogP contribution is -2.44. The number of aliphatic carboxylic acids is 1. The number of amides is 1. The van der Waals surface area contributed by atoms with Gasteiger partial charge in [0.2, 0.25) is 5.91 Å². The highest BCUT2D eigenvalue weighted by Crippen LogP contribution is 2.33. The Morgan fingerprint density at radius 2 is 1.74 bits per heavy atom. The van der Waals surface area contributed by atoms with E-state index in [2.05, 4.69) is 18.2 Å². The minimum absolute atomic E-state index is 0.0282. The lowest BCUT2D eigenvalue weighted by atomic mass is 9.78. The van der Waals surface area contributed by atoms with E-state index in [1.54, 1.807) is 0 Å². The SMILES string of the molecule is O=C(O)[C@H]1CCCC[C@H]1C(=O)N1CC=C(c2ccccc2)CC1. The molecule has 4 nitrogen and oxygen atoms in total. The average Bonchev–Trinajstić information content (AvgIpc) is 2.62. The Bertz CT molecular complexity index is 608. The van der Waals surface area contributed by atoms with Crippen LogP contribution in [-0.2, 0) is 9.59 Å². The summed E-state index contributed by atoms with van der Waals surface area (Å²) in [6.07, 6.45) is 6.15. The van der Waals surface area contributed by atoms with E-state index >= 15 is 0 Å². The van der Waals surface area contributed by atoms with E-state index in [0.717, 1.165) is 19.3 Å². The quantitative estimate of drug-likeness (QED) is 0.932. The molecule has 3 rings (SSSR count). The van der Waals surface area contributed by atoms with Gasteiger partial charge in [-0.2, -0.15) is 0 Å². The molecule has 2 atom stereocenters. The first kappa shape index (κ1) is 15.8. The smallest absolute Gasteiger partial charge is 0.307 e. The Kier molecular flexibility index (Phi) is 4.79. The number of rotatable bonds is 3. The van der Waals surface area contributed by atoms with E-state index < -0.39 is 11.9 Å². The van der Waals surface area contributed by atoms with Crippen LogP contribution in [0.5, 0.6) is 0 Å². The standard InChI is InChI=1S/C19H23NO3/c21-18(16-8-4-5-9-17(16)19(22)23)20-12-10-15(11-13-20)14-6-2-1-3-7-14/h1-3,6-7,10,16-17H,4-5,8-9,11-13H2,(H,22,23)/t16-,17+/m1/s1. The van der Waals surface area contributed by atoms with E-state index in [0.29, 0.717) is 25.9 Å². The Balaban J connectivity index is 1.68. The highest BCUT2D eigenvalue weighted by atomic mass is 16.4. The third-order valence-electron chi connectivity index (χ3n) is 5.07. The van der Waals surface area contributed by atoms with Crippen molar-refractivity contribution in [2.24, 2.45) is 11.8 Å². The van der Waals surface area contributed by atoms with Gasteiger partial charge < -0.3 is 10.0 Å². The number of hydrogen-bond acceptors (Lipinski definition) is 2. The van der Waals surface area contributed by atoms with Crippen molar-refractivity contribution in [2.75, 3.05) is 13.1 Å². The van der Waals surface area contributed by atoms with Crippen molar-refractivity contribution >= 4 is 17.4 Å². The molecular weight excluding hydrogens is 290 g/mol. The van der Waals surface area contributed by atoms with Gasteiger partial charge in [-0.3, -0.25) is 9.59 Å². The summed E-state index contributed by atoms with van der Waals surface area (Å²) in [6.45, 7) is 1.27. The Hall–Kier alpha value is -2.10. The van der Waals surface area contributed by atoms with Gasteiger partial charge in [0.05, 0.1) is 11.8 Å². The molecule has 2 aliphatic rings. The third kappa shape index (κ3) is 3.46. The second kappa shape index (κ2) is 6.99. The predicted molar refractivity (Wildman–Crippen MR) is 88.7 cm³/mol. The van der Waals surface area contributed by atoms with Crippen LogP contribution >= 0.6 is 0 Å².